The molecule has 0 amide bonds. The minimum Gasteiger partial charge on any atom is -0.355 e. The highest BCUT2D eigenvalue weighted by Crippen LogP contribution is 2.36. The summed E-state index contributed by atoms with van der Waals surface area (Å²) in [5.74, 6) is -2.03. The first-order valence-electron chi connectivity index (χ1n) is 12.7. The van der Waals surface area contributed by atoms with E-state index in [4.69, 9.17) is 5.41 Å². The van der Waals surface area contributed by atoms with Crippen LogP contribution in [0, 0.1) is 24.1 Å². The summed E-state index contributed by atoms with van der Waals surface area (Å²) < 4.78 is 82.0. The first kappa shape index (κ1) is 29.6. The number of halogens is 4. The molecule has 14 heteroatoms. The minimum atomic E-state index is -4.41. The van der Waals surface area contributed by atoms with Gasteiger partial charge in [-0.25, -0.2) is 12.8 Å². The molecule has 1 unspecified atom stereocenters. The lowest BCUT2D eigenvalue weighted by Crippen LogP contribution is -2.52. The Labute approximate surface area is 230 Å². The van der Waals surface area contributed by atoms with E-state index in [0.29, 0.717) is 34.6 Å². The smallest absolute Gasteiger partial charge is 0.355 e. The predicted molar refractivity (Wildman–Crippen MR) is 143 cm³/mol. The molecule has 0 bridgehead atoms. The van der Waals surface area contributed by atoms with Crippen LogP contribution in [0.2, 0.25) is 0 Å². The fraction of sp³-hybridized carbons (Fsp3) is 0.423. The summed E-state index contributed by atoms with van der Waals surface area (Å²) in [4.78, 5) is 2.90. The molecule has 2 N–H and O–H groups in total. The number of sulfonamides is 1. The molecule has 0 spiro atoms. The van der Waals surface area contributed by atoms with Crippen LogP contribution in [0.25, 0.3) is 0 Å². The molecule has 0 aliphatic carbocycles. The summed E-state index contributed by atoms with van der Waals surface area (Å²) in [5.41, 5.74) is 2.89. The van der Waals surface area contributed by atoms with Crippen LogP contribution in [0.15, 0.2) is 47.6 Å². The Morgan fingerprint density at radius 3 is 2.50 bits per heavy atom. The van der Waals surface area contributed by atoms with Gasteiger partial charge in [0.1, 0.15) is 5.82 Å². The van der Waals surface area contributed by atoms with E-state index in [1.54, 1.807) is 43.0 Å². The van der Waals surface area contributed by atoms with Gasteiger partial charge in [0.2, 0.25) is 5.03 Å². The average molecular weight is 582 g/mol. The SMILES string of the molecule is CCn1ncc(S(=O)(=O)N2CCN(CC(C)C(F)(F)F)[C@H](c3cc(C=N)c(Nc4ccc(F)cc4)cc3C)C2)n1. The molecule has 1 aliphatic rings. The minimum absolute atomic E-state index is 0.0108. The van der Waals surface area contributed by atoms with Crippen molar-refractivity contribution < 1.29 is 26.0 Å². The first-order valence-corrected chi connectivity index (χ1v) is 14.2. The topological polar surface area (TPSA) is 107 Å². The lowest BCUT2D eigenvalue weighted by Gasteiger charge is -2.42. The lowest BCUT2D eigenvalue weighted by atomic mass is 9.94. The molecule has 1 fully saturated rings. The molecule has 0 saturated carbocycles. The van der Waals surface area contributed by atoms with Gasteiger partial charge in [-0.1, -0.05) is 6.92 Å². The number of alkyl halides is 3. The van der Waals surface area contributed by atoms with Crippen molar-refractivity contribution in [2.24, 2.45) is 5.92 Å². The van der Waals surface area contributed by atoms with Gasteiger partial charge in [0.25, 0.3) is 10.0 Å². The van der Waals surface area contributed by atoms with Gasteiger partial charge in [-0.2, -0.15) is 27.4 Å². The maximum absolute atomic E-state index is 13.5. The number of benzene rings is 2. The van der Waals surface area contributed by atoms with Crippen LogP contribution in [0.1, 0.15) is 36.6 Å². The first-order chi connectivity index (χ1) is 18.8. The zero-order valence-corrected chi connectivity index (χ0v) is 23.1. The monoisotopic (exact) mass is 581 g/mol. The van der Waals surface area contributed by atoms with Crippen molar-refractivity contribution in [2.75, 3.05) is 31.5 Å². The van der Waals surface area contributed by atoms with Crippen LogP contribution in [0.3, 0.4) is 0 Å². The normalized spacial score (nSPS) is 18.0. The molecule has 3 aromatic rings. The van der Waals surface area contributed by atoms with Gasteiger partial charge < -0.3 is 10.7 Å². The molecule has 1 aromatic heterocycles. The van der Waals surface area contributed by atoms with E-state index in [0.717, 1.165) is 13.1 Å². The molecular formula is C26H31F4N7O2S. The van der Waals surface area contributed by atoms with Crippen molar-refractivity contribution >= 4 is 27.6 Å². The number of hydrogen-bond donors (Lipinski definition) is 2. The van der Waals surface area contributed by atoms with Crippen LogP contribution in [0.5, 0.6) is 0 Å². The lowest BCUT2D eigenvalue weighted by molar-refractivity contribution is -0.176. The van der Waals surface area contributed by atoms with Crippen LogP contribution in [-0.4, -0.2) is 71.2 Å². The number of hydrogen-bond acceptors (Lipinski definition) is 7. The predicted octanol–water partition coefficient (Wildman–Crippen LogP) is 4.73. The van der Waals surface area contributed by atoms with Gasteiger partial charge in [0, 0.05) is 55.4 Å². The van der Waals surface area contributed by atoms with Crippen LogP contribution >= 0.6 is 0 Å². The van der Waals surface area contributed by atoms with E-state index >= 15 is 0 Å². The summed E-state index contributed by atoms with van der Waals surface area (Å²) in [6, 6.07) is 8.41. The summed E-state index contributed by atoms with van der Waals surface area (Å²) >= 11 is 0. The van der Waals surface area contributed by atoms with Crippen molar-refractivity contribution in [1.82, 2.24) is 24.2 Å². The Kier molecular flexibility index (Phi) is 8.61. The third-order valence-electron chi connectivity index (χ3n) is 7.00. The number of nitrogens with one attached hydrogen (secondary N) is 2. The van der Waals surface area contributed by atoms with E-state index in [-0.39, 0.29) is 31.2 Å². The van der Waals surface area contributed by atoms with E-state index in [2.05, 4.69) is 15.5 Å². The summed E-state index contributed by atoms with van der Waals surface area (Å²) in [6.45, 7) is 4.68. The second kappa shape index (κ2) is 11.6. The van der Waals surface area contributed by atoms with Crippen LogP contribution in [0.4, 0.5) is 28.9 Å². The van der Waals surface area contributed by atoms with Gasteiger partial charge in [0.15, 0.2) is 0 Å². The molecule has 2 heterocycles. The zero-order chi connectivity index (χ0) is 29.2. The summed E-state index contributed by atoms with van der Waals surface area (Å²) in [7, 11) is -4.05. The van der Waals surface area contributed by atoms with E-state index in [1.165, 1.54) is 27.4 Å². The number of nitrogens with zero attached hydrogens (tertiary/aromatic N) is 5. The Morgan fingerprint density at radius 1 is 1.20 bits per heavy atom. The molecular weight excluding hydrogens is 550 g/mol. The van der Waals surface area contributed by atoms with Gasteiger partial charge in [-0.15, -0.1) is 5.10 Å². The zero-order valence-electron chi connectivity index (χ0n) is 22.3. The van der Waals surface area contributed by atoms with Crippen molar-refractivity contribution in [3.8, 4) is 0 Å². The molecule has 4 rings (SSSR count). The van der Waals surface area contributed by atoms with Gasteiger partial charge in [0.05, 0.1) is 18.7 Å². The Balaban J connectivity index is 1.71. The van der Waals surface area contributed by atoms with Crippen molar-refractivity contribution in [3.05, 3.63) is 65.1 Å². The van der Waals surface area contributed by atoms with Crippen LogP contribution < -0.4 is 5.32 Å². The molecule has 2 atom stereocenters. The highest BCUT2D eigenvalue weighted by Gasteiger charge is 2.42. The second-order valence-corrected chi connectivity index (χ2v) is 11.6. The van der Waals surface area contributed by atoms with Crippen molar-refractivity contribution in [3.63, 3.8) is 0 Å². The fourth-order valence-electron chi connectivity index (χ4n) is 4.68. The maximum atomic E-state index is 13.5. The van der Waals surface area contributed by atoms with Gasteiger partial charge in [-0.05, 0) is 61.4 Å². The maximum Gasteiger partial charge on any atom is 0.392 e. The van der Waals surface area contributed by atoms with E-state index < -0.39 is 34.0 Å². The van der Waals surface area contributed by atoms with Crippen molar-refractivity contribution in [2.45, 2.75) is 44.6 Å². The number of aryl methyl sites for hydroxylation is 2. The Hall–Kier alpha value is -3.36. The fourth-order valence-corrected chi connectivity index (χ4v) is 5.99. The molecule has 216 valence electrons. The largest absolute Gasteiger partial charge is 0.392 e. The third-order valence-corrected chi connectivity index (χ3v) is 8.73. The van der Waals surface area contributed by atoms with Gasteiger partial charge in [-0.3, -0.25) is 4.90 Å². The Morgan fingerprint density at radius 2 is 1.90 bits per heavy atom. The van der Waals surface area contributed by atoms with Gasteiger partial charge >= 0.3 is 6.18 Å². The third kappa shape index (κ3) is 6.34. The molecule has 1 saturated heterocycles. The molecule has 0 radical (unpaired) electrons. The van der Waals surface area contributed by atoms with E-state index in [9.17, 15) is 26.0 Å². The quantitative estimate of drug-likeness (QED) is 0.280. The molecule has 1 aliphatic heterocycles. The standard InChI is InChI=1S/C26H31F4N7O2S/c1-4-37-32-14-25(34-37)40(38,39)36-10-9-35(15-18(3)26(28,29)30)24(16-36)22-12-19(13-31)23(11-17(22)2)33-21-7-5-20(27)6-8-21/h5-8,11-14,18,24,31,33H,4,9-10,15-16H2,1-3H3/t18?,24-/m0/s1. The summed E-state index contributed by atoms with van der Waals surface area (Å²) in [5, 5.41) is 18.9. The number of aromatic nitrogens is 3. The van der Waals surface area contributed by atoms with Crippen LogP contribution in [-0.2, 0) is 16.6 Å². The molecule has 2 aromatic carbocycles. The summed E-state index contributed by atoms with van der Waals surface area (Å²) in [6.07, 6.45) is -2.14. The Bertz CT molecular complexity index is 1460. The highest BCUT2D eigenvalue weighted by molar-refractivity contribution is 7.89. The number of anilines is 2. The average Bonchev–Trinajstić information content (AvgIpc) is 3.40. The van der Waals surface area contributed by atoms with E-state index in [1.807, 2.05) is 0 Å². The molecule has 40 heavy (non-hydrogen) atoms. The highest BCUT2D eigenvalue weighted by atomic mass is 32.2. The number of piperazine rings is 1. The van der Waals surface area contributed by atoms with Crippen molar-refractivity contribution in [1.29, 1.82) is 5.41 Å². The second-order valence-electron chi connectivity index (χ2n) is 9.76. The molecule has 9 nitrogen and oxygen atoms in total. The number of rotatable bonds is 9.